The Morgan fingerprint density at radius 2 is 2.00 bits per heavy atom. The Balaban J connectivity index is 1.71. The Morgan fingerprint density at radius 1 is 1.15 bits per heavy atom. The smallest absolute Gasteiger partial charge is 0.160 e. The topological polar surface area (TPSA) is 77.0 Å². The van der Waals surface area contributed by atoms with E-state index in [4.69, 9.17) is 10.4 Å². The molecule has 0 saturated carbocycles. The van der Waals surface area contributed by atoms with Gasteiger partial charge in [-0.25, -0.2) is 4.63 Å². The number of nitrogen functional groups attached to an aromatic ring is 1. The van der Waals surface area contributed by atoms with E-state index in [2.05, 4.69) is 46.8 Å². The van der Waals surface area contributed by atoms with E-state index in [9.17, 15) is 0 Å². The number of aromatic nitrogens is 2. The van der Waals surface area contributed by atoms with Crippen LogP contribution < -0.4 is 11.1 Å². The summed E-state index contributed by atoms with van der Waals surface area (Å²) < 4.78 is 4.75. The van der Waals surface area contributed by atoms with Gasteiger partial charge in [0.1, 0.15) is 0 Å². The lowest BCUT2D eigenvalue weighted by molar-refractivity contribution is 0.316. The predicted octanol–water partition coefficient (Wildman–Crippen LogP) is 2.77. The normalized spacial score (nSPS) is 10.8. The van der Waals surface area contributed by atoms with Crippen LogP contribution in [0.5, 0.6) is 0 Å². The molecule has 5 heteroatoms. The fraction of sp³-hybridized carbons (Fsp3) is 0.200. The highest BCUT2D eigenvalue weighted by atomic mass is 16.6. The number of hydrogen-bond donors (Lipinski definition) is 2. The van der Waals surface area contributed by atoms with E-state index in [0.29, 0.717) is 16.7 Å². The molecule has 1 heterocycles. The molecule has 0 saturated heterocycles. The molecule has 0 amide bonds. The molecule has 0 aliphatic heterocycles. The van der Waals surface area contributed by atoms with Gasteiger partial charge in [-0.15, -0.1) is 0 Å². The molecule has 3 N–H and O–H groups in total. The van der Waals surface area contributed by atoms with Crippen molar-refractivity contribution >= 4 is 22.4 Å². The first-order chi connectivity index (χ1) is 9.74. The second-order valence-corrected chi connectivity index (χ2v) is 4.83. The van der Waals surface area contributed by atoms with E-state index in [1.54, 1.807) is 0 Å². The maximum atomic E-state index is 5.82. The zero-order valence-electron chi connectivity index (χ0n) is 11.3. The molecule has 0 atom stereocenters. The monoisotopic (exact) mass is 268 g/mol. The molecule has 0 spiro atoms. The summed E-state index contributed by atoms with van der Waals surface area (Å²) in [5.41, 5.74) is 11.1. The lowest BCUT2D eigenvalue weighted by atomic mass is 10.1. The lowest BCUT2D eigenvalue weighted by Crippen LogP contribution is -2.05. The number of hydrogen-bond acceptors (Lipinski definition) is 5. The molecule has 3 aromatic rings. The van der Waals surface area contributed by atoms with E-state index < -0.39 is 0 Å². The van der Waals surface area contributed by atoms with Crippen molar-refractivity contribution in [1.29, 1.82) is 0 Å². The summed E-state index contributed by atoms with van der Waals surface area (Å²) in [6.07, 6.45) is 0.943. The number of nitrogens with one attached hydrogen (secondary N) is 1. The molecule has 2 aromatic carbocycles. The largest absolute Gasteiger partial charge is 0.397 e. The summed E-state index contributed by atoms with van der Waals surface area (Å²) in [5, 5.41) is 11.0. The minimum atomic E-state index is 0.575. The average Bonchev–Trinajstić information content (AvgIpc) is 2.92. The Kier molecular flexibility index (Phi) is 3.25. The van der Waals surface area contributed by atoms with Crippen LogP contribution in [0.4, 0.5) is 11.4 Å². The van der Waals surface area contributed by atoms with Crippen LogP contribution in [0.2, 0.25) is 0 Å². The highest BCUT2D eigenvalue weighted by Crippen LogP contribution is 2.24. The Bertz CT molecular complexity index is 736. The molecular weight excluding hydrogens is 252 g/mol. The number of benzene rings is 2. The molecule has 20 heavy (non-hydrogen) atoms. The number of fused-ring (bicyclic) bond motifs is 1. The number of rotatable bonds is 4. The van der Waals surface area contributed by atoms with E-state index >= 15 is 0 Å². The fourth-order valence-corrected chi connectivity index (χ4v) is 2.24. The van der Waals surface area contributed by atoms with Gasteiger partial charge in [-0.3, -0.25) is 0 Å². The molecule has 102 valence electrons. The van der Waals surface area contributed by atoms with Gasteiger partial charge < -0.3 is 11.1 Å². The SMILES string of the molecule is Cc1cccc(CCNc2ccc(N)c3nonc23)c1. The van der Waals surface area contributed by atoms with Crippen LogP contribution in [0.1, 0.15) is 11.1 Å². The molecule has 5 nitrogen and oxygen atoms in total. The molecule has 0 unspecified atom stereocenters. The highest BCUT2D eigenvalue weighted by Gasteiger charge is 2.09. The molecule has 0 radical (unpaired) electrons. The number of aryl methyl sites for hydroxylation is 1. The molecule has 0 fully saturated rings. The lowest BCUT2D eigenvalue weighted by Gasteiger charge is -2.07. The minimum Gasteiger partial charge on any atom is -0.397 e. The fourth-order valence-electron chi connectivity index (χ4n) is 2.24. The summed E-state index contributed by atoms with van der Waals surface area (Å²) in [4.78, 5) is 0. The summed E-state index contributed by atoms with van der Waals surface area (Å²) in [6.45, 7) is 2.91. The molecule has 0 bridgehead atoms. The van der Waals surface area contributed by atoms with Gasteiger partial charge in [0.15, 0.2) is 11.0 Å². The first-order valence-electron chi connectivity index (χ1n) is 6.54. The number of nitrogens with zero attached hydrogens (tertiary/aromatic N) is 2. The van der Waals surface area contributed by atoms with E-state index in [-0.39, 0.29) is 0 Å². The van der Waals surface area contributed by atoms with Crippen molar-refractivity contribution < 1.29 is 4.63 Å². The van der Waals surface area contributed by atoms with E-state index in [0.717, 1.165) is 18.7 Å². The summed E-state index contributed by atoms with van der Waals surface area (Å²) in [7, 11) is 0. The summed E-state index contributed by atoms with van der Waals surface area (Å²) in [6, 6.07) is 12.2. The van der Waals surface area contributed by atoms with Gasteiger partial charge in [-0.05, 0) is 41.4 Å². The van der Waals surface area contributed by atoms with Crippen molar-refractivity contribution in [2.24, 2.45) is 0 Å². The van der Waals surface area contributed by atoms with E-state index in [1.165, 1.54) is 11.1 Å². The van der Waals surface area contributed by atoms with Crippen molar-refractivity contribution in [3.8, 4) is 0 Å². The van der Waals surface area contributed by atoms with Crippen LogP contribution in [-0.4, -0.2) is 16.9 Å². The van der Waals surface area contributed by atoms with Crippen LogP contribution in [0.15, 0.2) is 41.0 Å². The van der Waals surface area contributed by atoms with Gasteiger partial charge in [0.2, 0.25) is 0 Å². The maximum absolute atomic E-state index is 5.82. The van der Waals surface area contributed by atoms with Crippen LogP contribution in [0, 0.1) is 6.92 Å². The van der Waals surface area contributed by atoms with Crippen LogP contribution in [0.3, 0.4) is 0 Å². The molecular formula is C15H16N4O. The Morgan fingerprint density at radius 3 is 2.85 bits per heavy atom. The second-order valence-electron chi connectivity index (χ2n) is 4.83. The number of nitrogens with two attached hydrogens (primary N) is 1. The van der Waals surface area contributed by atoms with Gasteiger partial charge in [0, 0.05) is 6.54 Å². The number of anilines is 2. The average molecular weight is 268 g/mol. The minimum absolute atomic E-state index is 0.575. The molecule has 0 aliphatic carbocycles. The van der Waals surface area contributed by atoms with Crippen LogP contribution in [-0.2, 0) is 6.42 Å². The van der Waals surface area contributed by atoms with Crippen molar-refractivity contribution in [2.45, 2.75) is 13.3 Å². The molecule has 0 aliphatic rings. The molecule has 1 aromatic heterocycles. The summed E-state index contributed by atoms with van der Waals surface area (Å²) in [5.74, 6) is 0. The Labute approximate surface area is 116 Å². The second kappa shape index (κ2) is 5.21. The Hall–Kier alpha value is -2.56. The van der Waals surface area contributed by atoms with Gasteiger partial charge in [0.05, 0.1) is 11.4 Å². The zero-order valence-corrected chi connectivity index (χ0v) is 11.3. The van der Waals surface area contributed by atoms with Crippen LogP contribution >= 0.6 is 0 Å². The van der Waals surface area contributed by atoms with Crippen molar-refractivity contribution in [3.63, 3.8) is 0 Å². The van der Waals surface area contributed by atoms with E-state index in [1.807, 2.05) is 12.1 Å². The standard InChI is InChI=1S/C15H16N4O/c1-10-3-2-4-11(9-10)7-8-17-13-6-5-12(16)14-15(13)19-20-18-14/h2-6,9,17H,7-8,16H2,1H3. The van der Waals surface area contributed by atoms with Crippen molar-refractivity contribution in [1.82, 2.24) is 10.3 Å². The third-order valence-electron chi connectivity index (χ3n) is 3.26. The molecule has 3 rings (SSSR count). The first-order valence-corrected chi connectivity index (χ1v) is 6.54. The summed E-state index contributed by atoms with van der Waals surface area (Å²) >= 11 is 0. The zero-order chi connectivity index (χ0) is 13.9. The van der Waals surface area contributed by atoms with Gasteiger partial charge >= 0.3 is 0 Å². The maximum Gasteiger partial charge on any atom is 0.160 e. The van der Waals surface area contributed by atoms with Gasteiger partial charge in [0.25, 0.3) is 0 Å². The van der Waals surface area contributed by atoms with Gasteiger partial charge in [-0.1, -0.05) is 29.8 Å². The van der Waals surface area contributed by atoms with Crippen molar-refractivity contribution in [2.75, 3.05) is 17.6 Å². The quantitative estimate of drug-likeness (QED) is 0.711. The first kappa shape index (κ1) is 12.5. The predicted molar refractivity (Wildman–Crippen MR) is 79.6 cm³/mol. The van der Waals surface area contributed by atoms with Crippen LogP contribution in [0.25, 0.3) is 11.0 Å². The third-order valence-corrected chi connectivity index (χ3v) is 3.26. The van der Waals surface area contributed by atoms with Crippen molar-refractivity contribution in [3.05, 3.63) is 47.5 Å². The highest BCUT2D eigenvalue weighted by molar-refractivity contribution is 5.94. The van der Waals surface area contributed by atoms with Gasteiger partial charge in [-0.2, -0.15) is 0 Å². The third kappa shape index (κ3) is 2.42.